The van der Waals surface area contributed by atoms with Crippen LogP contribution in [0.2, 0.25) is 0 Å². The lowest BCUT2D eigenvalue weighted by atomic mass is 10.2. The molecule has 0 aliphatic rings. The Kier molecular flexibility index (Phi) is 2.39. The van der Waals surface area contributed by atoms with Gasteiger partial charge in [0.25, 0.3) is 0 Å². The molecule has 0 unspecified atom stereocenters. The molecule has 5 nitrogen and oxygen atoms in total. The van der Waals surface area contributed by atoms with Crippen LogP contribution in [0.15, 0.2) is 24.5 Å². The van der Waals surface area contributed by atoms with E-state index in [1.165, 1.54) is 0 Å². The van der Waals surface area contributed by atoms with Crippen LogP contribution in [-0.4, -0.2) is 27.5 Å². The van der Waals surface area contributed by atoms with Gasteiger partial charge in [-0.05, 0) is 19.2 Å². The maximum absolute atomic E-state index is 10.7. The molecule has 0 radical (unpaired) electrons. The van der Waals surface area contributed by atoms with Crippen molar-refractivity contribution in [2.45, 2.75) is 6.54 Å². The molecule has 78 valence electrons. The van der Waals surface area contributed by atoms with Crippen molar-refractivity contribution < 1.29 is 9.90 Å². The summed E-state index contributed by atoms with van der Waals surface area (Å²) in [6, 6.07) is 3.17. The van der Waals surface area contributed by atoms with Crippen molar-refractivity contribution in [2.75, 3.05) is 7.05 Å². The van der Waals surface area contributed by atoms with Gasteiger partial charge in [-0.25, -0.2) is 9.78 Å². The SMILES string of the molecule is CNCc1ncc2cc(C(=O)O)ccn12. The van der Waals surface area contributed by atoms with Crippen molar-refractivity contribution >= 4 is 11.5 Å². The monoisotopic (exact) mass is 205 g/mol. The molecule has 0 bridgehead atoms. The van der Waals surface area contributed by atoms with Gasteiger partial charge in [-0.1, -0.05) is 0 Å². The number of carbonyl (C=O) groups is 1. The van der Waals surface area contributed by atoms with E-state index in [1.807, 2.05) is 11.4 Å². The Hall–Kier alpha value is -1.88. The van der Waals surface area contributed by atoms with Gasteiger partial charge >= 0.3 is 5.97 Å². The molecule has 0 amide bonds. The zero-order valence-corrected chi connectivity index (χ0v) is 8.27. The van der Waals surface area contributed by atoms with Crippen molar-refractivity contribution in [3.8, 4) is 0 Å². The Morgan fingerprint density at radius 2 is 2.47 bits per heavy atom. The number of fused-ring (bicyclic) bond motifs is 1. The first-order valence-corrected chi connectivity index (χ1v) is 4.56. The molecule has 0 saturated heterocycles. The number of aromatic nitrogens is 2. The molecule has 2 heterocycles. The number of hydrogen-bond donors (Lipinski definition) is 2. The zero-order chi connectivity index (χ0) is 10.8. The largest absolute Gasteiger partial charge is 0.478 e. The molecule has 0 aromatic carbocycles. The van der Waals surface area contributed by atoms with Gasteiger partial charge in [0.1, 0.15) is 5.82 Å². The third kappa shape index (κ3) is 1.69. The van der Waals surface area contributed by atoms with Gasteiger partial charge in [0.05, 0.1) is 23.8 Å². The first-order valence-electron chi connectivity index (χ1n) is 4.56. The van der Waals surface area contributed by atoms with Crippen LogP contribution in [0.5, 0.6) is 0 Å². The zero-order valence-electron chi connectivity index (χ0n) is 8.27. The number of rotatable bonds is 3. The molecule has 2 rings (SSSR count). The lowest BCUT2D eigenvalue weighted by Gasteiger charge is -2.00. The molecule has 0 saturated carbocycles. The molecule has 0 aliphatic carbocycles. The molecule has 0 atom stereocenters. The molecule has 2 N–H and O–H groups in total. The second-order valence-electron chi connectivity index (χ2n) is 3.22. The summed E-state index contributed by atoms with van der Waals surface area (Å²) in [5, 5.41) is 11.8. The number of nitrogens with zero attached hydrogens (tertiary/aromatic N) is 2. The van der Waals surface area contributed by atoms with E-state index in [0.717, 1.165) is 11.3 Å². The van der Waals surface area contributed by atoms with E-state index in [-0.39, 0.29) is 5.56 Å². The molecule has 0 fully saturated rings. The molecular formula is C10H11N3O2. The second-order valence-corrected chi connectivity index (χ2v) is 3.22. The average Bonchev–Trinajstić information content (AvgIpc) is 2.61. The standard InChI is InChI=1S/C10H11N3O2/c1-11-6-9-12-5-8-4-7(10(14)15)2-3-13(8)9/h2-5,11H,6H2,1H3,(H,14,15). The quantitative estimate of drug-likeness (QED) is 0.776. The van der Waals surface area contributed by atoms with E-state index in [2.05, 4.69) is 10.3 Å². The van der Waals surface area contributed by atoms with E-state index < -0.39 is 5.97 Å². The van der Waals surface area contributed by atoms with Crippen molar-refractivity contribution in [3.63, 3.8) is 0 Å². The van der Waals surface area contributed by atoms with Crippen LogP contribution in [0, 0.1) is 0 Å². The Morgan fingerprint density at radius 3 is 3.13 bits per heavy atom. The topological polar surface area (TPSA) is 66.6 Å². The minimum absolute atomic E-state index is 0.276. The lowest BCUT2D eigenvalue weighted by Crippen LogP contribution is -2.09. The van der Waals surface area contributed by atoms with E-state index in [4.69, 9.17) is 5.11 Å². The van der Waals surface area contributed by atoms with E-state index >= 15 is 0 Å². The summed E-state index contributed by atoms with van der Waals surface area (Å²) in [4.78, 5) is 14.9. The molecule has 5 heteroatoms. The van der Waals surface area contributed by atoms with Crippen molar-refractivity contribution in [1.29, 1.82) is 0 Å². The average molecular weight is 205 g/mol. The van der Waals surface area contributed by atoms with Crippen LogP contribution < -0.4 is 5.32 Å². The van der Waals surface area contributed by atoms with Crippen molar-refractivity contribution in [3.05, 3.63) is 35.9 Å². The van der Waals surface area contributed by atoms with Gasteiger partial charge in [0, 0.05) is 6.20 Å². The highest BCUT2D eigenvalue weighted by Gasteiger charge is 2.06. The van der Waals surface area contributed by atoms with Gasteiger partial charge < -0.3 is 14.8 Å². The number of nitrogens with one attached hydrogen (secondary N) is 1. The van der Waals surface area contributed by atoms with Gasteiger partial charge in [0.2, 0.25) is 0 Å². The summed E-state index contributed by atoms with van der Waals surface area (Å²) in [6.07, 6.45) is 3.39. The van der Waals surface area contributed by atoms with Gasteiger partial charge in [-0.15, -0.1) is 0 Å². The first kappa shape index (κ1) is 9.67. The van der Waals surface area contributed by atoms with Gasteiger partial charge in [-0.3, -0.25) is 0 Å². The van der Waals surface area contributed by atoms with E-state index in [0.29, 0.717) is 6.54 Å². The first-order chi connectivity index (χ1) is 7.22. The fourth-order valence-electron chi connectivity index (χ4n) is 1.48. The Balaban J connectivity index is 2.51. The van der Waals surface area contributed by atoms with Crippen LogP contribution in [-0.2, 0) is 6.54 Å². The number of hydrogen-bond acceptors (Lipinski definition) is 3. The molecular weight excluding hydrogens is 194 g/mol. The van der Waals surface area contributed by atoms with Crippen LogP contribution in [0.4, 0.5) is 0 Å². The number of pyridine rings is 1. The summed E-state index contributed by atoms with van der Waals surface area (Å²) in [6.45, 7) is 0.653. The summed E-state index contributed by atoms with van der Waals surface area (Å²) in [7, 11) is 1.84. The molecule has 0 aliphatic heterocycles. The number of carboxylic acids is 1. The number of aromatic carboxylic acids is 1. The highest BCUT2D eigenvalue weighted by Crippen LogP contribution is 2.09. The number of imidazole rings is 1. The predicted octanol–water partition coefficient (Wildman–Crippen LogP) is 0.752. The second kappa shape index (κ2) is 3.70. The summed E-state index contributed by atoms with van der Waals surface area (Å²) in [5.74, 6) is -0.0571. The van der Waals surface area contributed by atoms with E-state index in [9.17, 15) is 4.79 Å². The predicted molar refractivity (Wildman–Crippen MR) is 54.9 cm³/mol. The lowest BCUT2D eigenvalue weighted by molar-refractivity contribution is 0.0697. The van der Waals surface area contributed by atoms with Crippen molar-refractivity contribution in [2.24, 2.45) is 0 Å². The summed E-state index contributed by atoms with van der Waals surface area (Å²) >= 11 is 0. The summed E-state index contributed by atoms with van der Waals surface area (Å²) in [5.41, 5.74) is 1.07. The van der Waals surface area contributed by atoms with Gasteiger partial charge in [-0.2, -0.15) is 0 Å². The van der Waals surface area contributed by atoms with Crippen LogP contribution in [0.25, 0.3) is 5.52 Å². The number of carboxylic acid groups (broad SMARTS) is 1. The van der Waals surface area contributed by atoms with E-state index in [1.54, 1.807) is 24.5 Å². The maximum atomic E-state index is 10.7. The normalized spacial score (nSPS) is 10.7. The van der Waals surface area contributed by atoms with Crippen LogP contribution in [0.1, 0.15) is 16.2 Å². The Labute approximate surface area is 86.4 Å². The minimum atomic E-state index is -0.922. The van der Waals surface area contributed by atoms with Crippen molar-refractivity contribution in [1.82, 2.24) is 14.7 Å². The highest BCUT2D eigenvalue weighted by atomic mass is 16.4. The third-order valence-electron chi connectivity index (χ3n) is 2.19. The highest BCUT2D eigenvalue weighted by molar-refractivity contribution is 5.88. The van der Waals surface area contributed by atoms with Gasteiger partial charge in [0.15, 0.2) is 0 Å². The fourth-order valence-corrected chi connectivity index (χ4v) is 1.48. The molecule has 0 spiro atoms. The van der Waals surface area contributed by atoms with Crippen LogP contribution >= 0.6 is 0 Å². The third-order valence-corrected chi connectivity index (χ3v) is 2.19. The molecule has 2 aromatic rings. The van der Waals surface area contributed by atoms with Crippen LogP contribution in [0.3, 0.4) is 0 Å². The molecule has 2 aromatic heterocycles. The fraction of sp³-hybridized carbons (Fsp3) is 0.200. The molecule has 15 heavy (non-hydrogen) atoms. The smallest absolute Gasteiger partial charge is 0.335 e. The Bertz CT molecular complexity index is 504. The summed E-state index contributed by atoms with van der Waals surface area (Å²) < 4.78 is 1.86. The maximum Gasteiger partial charge on any atom is 0.335 e. The minimum Gasteiger partial charge on any atom is -0.478 e. The Morgan fingerprint density at radius 1 is 1.67 bits per heavy atom.